The molecule has 112 valence electrons. The summed E-state index contributed by atoms with van der Waals surface area (Å²) in [6.07, 6.45) is 6.16. The predicted molar refractivity (Wildman–Crippen MR) is 84.4 cm³/mol. The largest absolute Gasteiger partial charge is 0.508 e. The number of halogens is 2. The van der Waals surface area contributed by atoms with Crippen LogP contribution in [0.4, 0.5) is 0 Å². The zero-order valence-electron chi connectivity index (χ0n) is 11.4. The van der Waals surface area contributed by atoms with Gasteiger partial charge in [-0.1, -0.05) is 23.2 Å². The Bertz CT molecular complexity index is 842. The first-order valence-electron chi connectivity index (χ1n) is 6.85. The number of hydrogen-bond acceptors (Lipinski definition) is 3. The topological polar surface area (TPSA) is 66.7 Å². The van der Waals surface area contributed by atoms with Gasteiger partial charge >= 0.3 is 0 Å². The van der Waals surface area contributed by atoms with E-state index in [1.165, 1.54) is 0 Å². The first-order valence-corrected chi connectivity index (χ1v) is 7.61. The van der Waals surface area contributed by atoms with E-state index >= 15 is 0 Å². The van der Waals surface area contributed by atoms with Crippen molar-refractivity contribution in [2.24, 2.45) is 0 Å². The van der Waals surface area contributed by atoms with Crippen molar-refractivity contribution in [1.29, 1.82) is 0 Å². The van der Waals surface area contributed by atoms with Gasteiger partial charge in [0, 0.05) is 36.2 Å². The molecule has 0 aliphatic carbocycles. The molecule has 1 aromatic carbocycles. The number of hydrogen-bond donors (Lipinski definition) is 2. The van der Waals surface area contributed by atoms with Crippen molar-refractivity contribution in [3.63, 3.8) is 0 Å². The summed E-state index contributed by atoms with van der Waals surface area (Å²) < 4.78 is 2.13. The third-order valence-corrected chi connectivity index (χ3v) is 4.90. The number of nitrogens with one attached hydrogen (secondary N) is 1. The maximum Gasteiger partial charge on any atom is 0.120 e. The van der Waals surface area contributed by atoms with E-state index in [0.717, 1.165) is 17.1 Å². The Labute approximate surface area is 136 Å². The highest BCUT2D eigenvalue weighted by molar-refractivity contribution is 6.42. The number of phenolic OH excluding ortho intramolecular Hbond substituents is 1. The molecule has 0 fully saturated rings. The van der Waals surface area contributed by atoms with Gasteiger partial charge in [-0.25, -0.2) is 4.98 Å². The van der Waals surface area contributed by atoms with Crippen molar-refractivity contribution >= 4 is 23.2 Å². The quantitative estimate of drug-likeness (QED) is 0.752. The fourth-order valence-corrected chi connectivity index (χ4v) is 3.52. The van der Waals surface area contributed by atoms with Gasteiger partial charge in [-0.05, 0) is 12.1 Å². The highest BCUT2D eigenvalue weighted by atomic mass is 35.5. The molecule has 3 aromatic rings. The summed E-state index contributed by atoms with van der Waals surface area (Å²) in [6.45, 7) is 0.698. The Morgan fingerprint density at radius 2 is 2.14 bits per heavy atom. The van der Waals surface area contributed by atoms with Crippen LogP contribution in [0.25, 0.3) is 11.3 Å². The zero-order valence-corrected chi connectivity index (χ0v) is 12.9. The van der Waals surface area contributed by atoms with E-state index in [0.29, 0.717) is 28.6 Å². The fourth-order valence-electron chi connectivity index (χ4n) is 3.05. The maximum atomic E-state index is 10.2. The predicted octanol–water partition coefficient (Wildman–Crippen LogP) is 3.63. The maximum absolute atomic E-state index is 10.2. The van der Waals surface area contributed by atoms with Crippen molar-refractivity contribution < 1.29 is 5.11 Å². The van der Waals surface area contributed by atoms with Crippen molar-refractivity contribution in [2.45, 2.75) is 18.9 Å². The van der Waals surface area contributed by atoms with Crippen LogP contribution in [0.1, 0.15) is 17.3 Å². The summed E-state index contributed by atoms with van der Waals surface area (Å²) >= 11 is 12.4. The number of phenols is 1. The molecule has 22 heavy (non-hydrogen) atoms. The summed E-state index contributed by atoms with van der Waals surface area (Å²) in [7, 11) is 0. The van der Waals surface area contributed by atoms with E-state index in [9.17, 15) is 5.11 Å². The van der Waals surface area contributed by atoms with Crippen molar-refractivity contribution in [1.82, 2.24) is 19.7 Å². The van der Waals surface area contributed by atoms with Gasteiger partial charge in [-0.15, -0.1) is 0 Å². The Morgan fingerprint density at radius 3 is 2.91 bits per heavy atom. The van der Waals surface area contributed by atoms with Gasteiger partial charge in [0.1, 0.15) is 11.6 Å². The molecule has 1 aliphatic heterocycles. The number of H-pyrrole nitrogens is 1. The van der Waals surface area contributed by atoms with Gasteiger partial charge in [0.2, 0.25) is 0 Å². The van der Waals surface area contributed by atoms with E-state index in [2.05, 4.69) is 19.7 Å². The van der Waals surface area contributed by atoms with Crippen LogP contribution in [0.5, 0.6) is 5.75 Å². The lowest BCUT2D eigenvalue weighted by atomic mass is 9.96. The van der Waals surface area contributed by atoms with Gasteiger partial charge in [0.05, 0.1) is 28.1 Å². The van der Waals surface area contributed by atoms with Crippen LogP contribution in [0, 0.1) is 0 Å². The van der Waals surface area contributed by atoms with Gasteiger partial charge < -0.3 is 9.67 Å². The Hall–Kier alpha value is -1.98. The lowest BCUT2D eigenvalue weighted by Crippen LogP contribution is -2.03. The summed E-state index contributed by atoms with van der Waals surface area (Å²) in [5.41, 5.74) is 2.68. The Kier molecular flexibility index (Phi) is 3.13. The highest BCUT2D eigenvalue weighted by Crippen LogP contribution is 2.42. The van der Waals surface area contributed by atoms with E-state index in [-0.39, 0.29) is 11.7 Å². The van der Waals surface area contributed by atoms with E-state index in [1.807, 2.05) is 12.4 Å². The minimum atomic E-state index is 0.0561. The normalized spacial score (nSPS) is 16.9. The summed E-state index contributed by atoms with van der Waals surface area (Å²) in [5, 5.41) is 17.8. The molecule has 0 saturated heterocycles. The van der Waals surface area contributed by atoms with Crippen LogP contribution in [0.15, 0.2) is 30.7 Å². The molecule has 0 radical (unpaired) electrons. The monoisotopic (exact) mass is 334 g/mol. The molecule has 0 saturated carbocycles. The molecule has 2 aromatic heterocycles. The lowest BCUT2D eigenvalue weighted by Gasteiger charge is -2.15. The molecule has 1 atom stereocenters. The van der Waals surface area contributed by atoms with Crippen molar-refractivity contribution in [3.05, 3.63) is 52.2 Å². The molecule has 0 amide bonds. The fraction of sp³-hybridized carbons (Fsp3) is 0.200. The third-order valence-electron chi connectivity index (χ3n) is 4.08. The second-order valence-corrected chi connectivity index (χ2v) is 6.14. The summed E-state index contributed by atoms with van der Waals surface area (Å²) in [4.78, 5) is 4.47. The third kappa shape index (κ3) is 2.01. The molecule has 5 nitrogen and oxygen atoms in total. The van der Waals surface area contributed by atoms with Crippen LogP contribution in [0.3, 0.4) is 0 Å². The molecule has 7 heteroatoms. The summed E-state index contributed by atoms with van der Waals surface area (Å²) in [5.74, 6) is 1.20. The first kappa shape index (κ1) is 13.7. The van der Waals surface area contributed by atoms with Crippen LogP contribution in [-0.2, 0) is 13.0 Å². The van der Waals surface area contributed by atoms with Gasteiger partial charge in [0.25, 0.3) is 0 Å². The number of rotatable bonds is 2. The number of aromatic hydroxyl groups is 1. The SMILES string of the molecule is Oc1ccc(Cl)c(Cl)c1C1Cc2ncc(-c3cn[nH]c3)n2C1. The number of imidazole rings is 1. The molecular weight excluding hydrogens is 323 g/mol. The number of aromatic nitrogens is 4. The van der Waals surface area contributed by atoms with Crippen LogP contribution < -0.4 is 0 Å². The Morgan fingerprint density at radius 1 is 1.27 bits per heavy atom. The number of aromatic amines is 1. The van der Waals surface area contributed by atoms with E-state index < -0.39 is 0 Å². The molecule has 1 aliphatic rings. The van der Waals surface area contributed by atoms with E-state index in [1.54, 1.807) is 18.3 Å². The minimum Gasteiger partial charge on any atom is -0.508 e. The second-order valence-electron chi connectivity index (χ2n) is 5.35. The smallest absolute Gasteiger partial charge is 0.120 e. The average molecular weight is 335 g/mol. The lowest BCUT2D eigenvalue weighted by molar-refractivity contribution is 0.459. The highest BCUT2D eigenvalue weighted by Gasteiger charge is 2.30. The van der Waals surface area contributed by atoms with Gasteiger partial charge in [0.15, 0.2) is 0 Å². The molecule has 3 heterocycles. The van der Waals surface area contributed by atoms with Gasteiger partial charge in [-0.2, -0.15) is 5.10 Å². The number of fused-ring (bicyclic) bond motifs is 1. The van der Waals surface area contributed by atoms with Crippen LogP contribution in [-0.4, -0.2) is 24.9 Å². The van der Waals surface area contributed by atoms with E-state index in [4.69, 9.17) is 23.2 Å². The first-order chi connectivity index (χ1) is 10.6. The van der Waals surface area contributed by atoms with Crippen LogP contribution >= 0.6 is 23.2 Å². The second kappa shape index (κ2) is 5.04. The molecule has 0 spiro atoms. The van der Waals surface area contributed by atoms with Crippen molar-refractivity contribution in [2.75, 3.05) is 0 Å². The Balaban J connectivity index is 1.73. The molecule has 0 bridgehead atoms. The molecule has 4 rings (SSSR count). The van der Waals surface area contributed by atoms with Crippen LogP contribution in [0.2, 0.25) is 10.0 Å². The molecule has 2 N–H and O–H groups in total. The van der Waals surface area contributed by atoms with Crippen molar-refractivity contribution in [3.8, 4) is 17.0 Å². The number of nitrogens with zero attached hydrogens (tertiary/aromatic N) is 3. The minimum absolute atomic E-state index is 0.0561. The standard InChI is InChI=1S/C15H12Cl2N4O/c16-10-1-2-12(22)14(15(10)17)8-3-13-18-6-11(21(13)7-8)9-4-19-20-5-9/h1-2,4-6,8,22H,3,7H2,(H,19,20). The molecular formula is C15H12Cl2N4O. The average Bonchev–Trinajstić information content (AvgIpc) is 3.18. The van der Waals surface area contributed by atoms with Gasteiger partial charge in [-0.3, -0.25) is 5.10 Å². The summed E-state index contributed by atoms with van der Waals surface area (Å²) in [6, 6.07) is 3.19. The zero-order chi connectivity index (χ0) is 15.3. The molecule has 1 unspecified atom stereocenters. The number of benzene rings is 1.